The number of nitrogens with zero attached hydrogens (tertiary/aromatic N) is 1. The zero-order chi connectivity index (χ0) is 12.4. The molecule has 2 nitrogen and oxygen atoms in total. The second kappa shape index (κ2) is 5.60. The molecule has 0 saturated carbocycles. The quantitative estimate of drug-likeness (QED) is 0.903. The van der Waals surface area contributed by atoms with Crippen LogP contribution in [0.15, 0.2) is 18.2 Å². The van der Waals surface area contributed by atoms with Gasteiger partial charge >= 0.3 is 0 Å². The van der Waals surface area contributed by atoms with E-state index in [1.807, 2.05) is 0 Å². The van der Waals surface area contributed by atoms with Crippen molar-refractivity contribution in [3.63, 3.8) is 0 Å². The van der Waals surface area contributed by atoms with E-state index in [0.29, 0.717) is 5.92 Å². The lowest BCUT2D eigenvalue weighted by Gasteiger charge is -2.17. The first kappa shape index (κ1) is 12.5. The Hall–Kier alpha value is -0.570. The number of rotatable bonds is 3. The van der Waals surface area contributed by atoms with Crippen LogP contribution in [0.4, 0.5) is 0 Å². The molecule has 3 heteroatoms. The SMILES string of the molecule is Clc1cc(C2CCNC2)ccc1CN1CCCC1. The summed E-state index contributed by atoms with van der Waals surface area (Å²) in [6.45, 7) is 5.71. The van der Waals surface area contributed by atoms with Crippen LogP contribution >= 0.6 is 11.6 Å². The molecular formula is C15H21ClN2. The van der Waals surface area contributed by atoms with Crippen LogP contribution in [0.5, 0.6) is 0 Å². The molecule has 1 unspecified atom stereocenters. The van der Waals surface area contributed by atoms with Crippen LogP contribution in [0.3, 0.4) is 0 Å². The van der Waals surface area contributed by atoms with Gasteiger partial charge in [-0.1, -0.05) is 23.7 Å². The topological polar surface area (TPSA) is 15.3 Å². The fraction of sp³-hybridized carbons (Fsp3) is 0.600. The third kappa shape index (κ3) is 2.71. The lowest BCUT2D eigenvalue weighted by molar-refractivity contribution is 0.331. The molecule has 1 aromatic rings. The van der Waals surface area contributed by atoms with E-state index in [-0.39, 0.29) is 0 Å². The van der Waals surface area contributed by atoms with Gasteiger partial charge in [0.25, 0.3) is 0 Å². The fourth-order valence-corrected chi connectivity index (χ4v) is 3.32. The third-order valence-corrected chi connectivity index (χ3v) is 4.55. The van der Waals surface area contributed by atoms with Crippen LogP contribution in [-0.4, -0.2) is 31.1 Å². The summed E-state index contributed by atoms with van der Waals surface area (Å²) in [4.78, 5) is 2.50. The van der Waals surface area contributed by atoms with Crippen molar-refractivity contribution in [3.8, 4) is 0 Å². The zero-order valence-corrected chi connectivity index (χ0v) is 11.5. The summed E-state index contributed by atoms with van der Waals surface area (Å²) in [5.74, 6) is 0.656. The number of likely N-dealkylation sites (tertiary alicyclic amines) is 1. The molecule has 0 aliphatic carbocycles. The number of halogens is 1. The summed E-state index contributed by atoms with van der Waals surface area (Å²) in [5.41, 5.74) is 2.68. The third-order valence-electron chi connectivity index (χ3n) is 4.20. The van der Waals surface area contributed by atoms with E-state index >= 15 is 0 Å². The molecule has 1 aromatic carbocycles. The lowest BCUT2D eigenvalue weighted by atomic mass is 9.97. The molecule has 1 N–H and O–H groups in total. The molecule has 98 valence electrons. The van der Waals surface area contributed by atoms with Crippen molar-refractivity contribution in [2.45, 2.75) is 31.7 Å². The minimum Gasteiger partial charge on any atom is -0.316 e. The van der Waals surface area contributed by atoms with Crippen molar-refractivity contribution in [2.24, 2.45) is 0 Å². The van der Waals surface area contributed by atoms with Gasteiger partial charge in [-0.15, -0.1) is 0 Å². The summed E-state index contributed by atoms with van der Waals surface area (Å²) in [7, 11) is 0. The van der Waals surface area contributed by atoms with Crippen molar-refractivity contribution >= 4 is 11.6 Å². The minimum atomic E-state index is 0.656. The molecule has 0 aromatic heterocycles. The fourth-order valence-electron chi connectivity index (χ4n) is 3.07. The Kier molecular flexibility index (Phi) is 3.88. The van der Waals surface area contributed by atoms with Crippen molar-refractivity contribution in [2.75, 3.05) is 26.2 Å². The van der Waals surface area contributed by atoms with Crippen LogP contribution in [-0.2, 0) is 6.54 Å². The van der Waals surface area contributed by atoms with Gasteiger partial charge in [0.2, 0.25) is 0 Å². The van der Waals surface area contributed by atoms with Gasteiger partial charge in [-0.05, 0) is 62.0 Å². The molecule has 3 rings (SSSR count). The van der Waals surface area contributed by atoms with E-state index in [0.717, 1.165) is 24.7 Å². The smallest absolute Gasteiger partial charge is 0.0453 e. The maximum atomic E-state index is 6.44. The van der Waals surface area contributed by atoms with Gasteiger partial charge in [-0.3, -0.25) is 4.90 Å². The molecule has 0 radical (unpaired) electrons. The molecule has 0 amide bonds. The van der Waals surface area contributed by atoms with Gasteiger partial charge in [-0.2, -0.15) is 0 Å². The predicted octanol–water partition coefficient (Wildman–Crippen LogP) is 3.01. The molecule has 2 aliphatic heterocycles. The maximum absolute atomic E-state index is 6.44. The predicted molar refractivity (Wildman–Crippen MR) is 76.2 cm³/mol. The summed E-state index contributed by atoms with van der Waals surface area (Å²) in [6, 6.07) is 6.69. The van der Waals surface area contributed by atoms with E-state index < -0.39 is 0 Å². The molecule has 0 bridgehead atoms. The van der Waals surface area contributed by atoms with E-state index in [1.165, 1.54) is 43.5 Å². The van der Waals surface area contributed by atoms with Crippen LogP contribution in [0.25, 0.3) is 0 Å². The molecule has 18 heavy (non-hydrogen) atoms. The van der Waals surface area contributed by atoms with Gasteiger partial charge in [0, 0.05) is 18.1 Å². The Bertz CT molecular complexity index is 407. The summed E-state index contributed by atoms with van der Waals surface area (Å²) >= 11 is 6.44. The normalized spacial score (nSPS) is 24.8. The second-order valence-electron chi connectivity index (χ2n) is 5.52. The van der Waals surface area contributed by atoms with E-state index in [2.05, 4.69) is 28.4 Å². The Morgan fingerprint density at radius 2 is 2.11 bits per heavy atom. The summed E-state index contributed by atoms with van der Waals surface area (Å²) < 4.78 is 0. The highest BCUT2D eigenvalue weighted by Crippen LogP contribution is 2.28. The highest BCUT2D eigenvalue weighted by molar-refractivity contribution is 6.31. The van der Waals surface area contributed by atoms with Crippen molar-refractivity contribution in [1.82, 2.24) is 10.2 Å². The first-order chi connectivity index (χ1) is 8.83. The van der Waals surface area contributed by atoms with Crippen LogP contribution in [0, 0.1) is 0 Å². The zero-order valence-electron chi connectivity index (χ0n) is 10.8. The first-order valence-corrected chi connectivity index (χ1v) is 7.42. The van der Waals surface area contributed by atoms with Gasteiger partial charge in [0.1, 0.15) is 0 Å². The highest BCUT2D eigenvalue weighted by atomic mass is 35.5. The molecular weight excluding hydrogens is 244 g/mol. The molecule has 2 aliphatic rings. The Labute approximate surface area is 114 Å². The Balaban J connectivity index is 1.71. The average molecular weight is 265 g/mol. The first-order valence-electron chi connectivity index (χ1n) is 7.04. The largest absolute Gasteiger partial charge is 0.316 e. The Morgan fingerprint density at radius 1 is 1.28 bits per heavy atom. The molecule has 2 saturated heterocycles. The van der Waals surface area contributed by atoms with Gasteiger partial charge in [0.05, 0.1) is 0 Å². The summed E-state index contributed by atoms with van der Waals surface area (Å²) in [5, 5.41) is 4.36. The average Bonchev–Trinajstić information content (AvgIpc) is 3.04. The maximum Gasteiger partial charge on any atom is 0.0453 e. The van der Waals surface area contributed by atoms with Gasteiger partial charge in [0.15, 0.2) is 0 Å². The van der Waals surface area contributed by atoms with Gasteiger partial charge in [-0.25, -0.2) is 0 Å². The molecule has 2 fully saturated rings. The molecule has 1 atom stereocenters. The lowest BCUT2D eigenvalue weighted by Crippen LogP contribution is -2.18. The number of nitrogens with one attached hydrogen (secondary N) is 1. The van der Waals surface area contributed by atoms with Crippen molar-refractivity contribution < 1.29 is 0 Å². The van der Waals surface area contributed by atoms with Crippen molar-refractivity contribution in [3.05, 3.63) is 34.3 Å². The standard InChI is InChI=1S/C15H21ClN2/c16-15-9-12(13-5-6-17-10-13)3-4-14(15)11-18-7-1-2-8-18/h3-4,9,13,17H,1-2,5-8,10-11H2. The van der Waals surface area contributed by atoms with E-state index in [9.17, 15) is 0 Å². The molecule has 0 spiro atoms. The summed E-state index contributed by atoms with van der Waals surface area (Å²) in [6.07, 6.45) is 3.91. The van der Waals surface area contributed by atoms with Crippen molar-refractivity contribution in [1.29, 1.82) is 0 Å². The van der Waals surface area contributed by atoms with E-state index in [1.54, 1.807) is 0 Å². The van der Waals surface area contributed by atoms with Crippen LogP contribution in [0.1, 0.15) is 36.3 Å². The minimum absolute atomic E-state index is 0.656. The second-order valence-corrected chi connectivity index (χ2v) is 5.93. The highest BCUT2D eigenvalue weighted by Gasteiger charge is 2.18. The number of benzene rings is 1. The van der Waals surface area contributed by atoms with Crippen LogP contribution < -0.4 is 5.32 Å². The van der Waals surface area contributed by atoms with Gasteiger partial charge < -0.3 is 5.32 Å². The number of hydrogen-bond acceptors (Lipinski definition) is 2. The van der Waals surface area contributed by atoms with Crippen LogP contribution in [0.2, 0.25) is 5.02 Å². The Morgan fingerprint density at radius 3 is 2.78 bits per heavy atom. The number of hydrogen-bond donors (Lipinski definition) is 1. The van der Waals surface area contributed by atoms with E-state index in [4.69, 9.17) is 11.6 Å². The molecule has 2 heterocycles. The monoisotopic (exact) mass is 264 g/mol.